The zero-order valence-electron chi connectivity index (χ0n) is 17.6. The van der Waals surface area contributed by atoms with Crippen molar-refractivity contribution in [3.63, 3.8) is 0 Å². The maximum absolute atomic E-state index is 12.9. The highest BCUT2D eigenvalue weighted by Gasteiger charge is 2.71. The number of nitrogens with one attached hydrogen (secondary N) is 1. The van der Waals surface area contributed by atoms with Crippen LogP contribution in [-0.2, 0) is 10.4 Å². The highest BCUT2D eigenvalue weighted by molar-refractivity contribution is 5.73. The molecule has 0 unspecified atom stereocenters. The predicted octanol–water partition coefficient (Wildman–Crippen LogP) is 6.44. The summed E-state index contributed by atoms with van der Waals surface area (Å²) in [6.45, 7) is 0. The summed E-state index contributed by atoms with van der Waals surface area (Å²) in [5, 5.41) is 19.4. The molecule has 194 valence electrons. The minimum absolute atomic E-state index is 0.207. The van der Waals surface area contributed by atoms with E-state index in [0.717, 1.165) is 23.3 Å². The Bertz CT molecular complexity index is 1150. The molecule has 14 heteroatoms. The van der Waals surface area contributed by atoms with Crippen LogP contribution in [0.25, 0.3) is 11.1 Å². The summed E-state index contributed by atoms with van der Waals surface area (Å²) >= 11 is 0. The number of pyridine rings is 1. The molecule has 1 heterocycles. The zero-order valence-corrected chi connectivity index (χ0v) is 17.6. The largest absolute Gasteiger partial charge is 0.490 e. The molecule has 2 aromatic carbocycles. The molecule has 1 aromatic heterocycles. The SMILES string of the molecule is O=C(O)C(F)(F)F.OC(c1ccc(Nc2cc(-c3ccccc3)ccn2)cc1)(C(F)(F)F)C(F)(F)F. The van der Waals surface area contributed by atoms with E-state index in [1.54, 1.807) is 12.1 Å². The smallest absolute Gasteiger partial charge is 0.475 e. The standard InChI is InChI=1S/C20H14F6N2O.C2HF3O2/c21-19(22,23)18(29,20(24,25)26)15-6-8-16(9-7-15)28-17-12-14(10-11-27-17)13-4-2-1-3-5-13;3-2(4,5)1(6)7/h1-12,29H,(H,27,28);(H,6,7). The van der Waals surface area contributed by atoms with E-state index < -0.39 is 35.7 Å². The third-order valence-corrected chi connectivity index (χ3v) is 4.51. The van der Waals surface area contributed by atoms with Gasteiger partial charge in [0.2, 0.25) is 0 Å². The zero-order chi connectivity index (χ0) is 27.4. The van der Waals surface area contributed by atoms with Gasteiger partial charge in [0.15, 0.2) is 0 Å². The van der Waals surface area contributed by atoms with E-state index in [2.05, 4.69) is 10.3 Å². The number of rotatable bonds is 4. The molecule has 5 nitrogen and oxygen atoms in total. The average molecular weight is 526 g/mol. The fourth-order valence-electron chi connectivity index (χ4n) is 2.74. The van der Waals surface area contributed by atoms with Crippen LogP contribution in [0.15, 0.2) is 72.9 Å². The first-order valence-corrected chi connectivity index (χ1v) is 9.52. The van der Waals surface area contributed by atoms with Crippen molar-refractivity contribution < 1.29 is 54.5 Å². The Balaban J connectivity index is 0.000000572. The first kappa shape index (κ1) is 28.4. The van der Waals surface area contributed by atoms with Gasteiger partial charge in [0, 0.05) is 17.4 Å². The average Bonchev–Trinajstić information content (AvgIpc) is 2.78. The Labute approximate surface area is 196 Å². The molecule has 36 heavy (non-hydrogen) atoms. The molecule has 0 aliphatic rings. The number of aromatic nitrogens is 1. The molecule has 0 aliphatic heterocycles. The van der Waals surface area contributed by atoms with Crippen molar-refractivity contribution in [3.8, 4) is 11.1 Å². The van der Waals surface area contributed by atoms with E-state index in [4.69, 9.17) is 9.90 Å². The minimum Gasteiger partial charge on any atom is -0.475 e. The van der Waals surface area contributed by atoms with Gasteiger partial charge in [-0.15, -0.1) is 0 Å². The number of nitrogens with zero attached hydrogens (tertiary/aromatic N) is 1. The van der Waals surface area contributed by atoms with Gasteiger partial charge in [-0.2, -0.15) is 39.5 Å². The lowest BCUT2D eigenvalue weighted by Crippen LogP contribution is -2.53. The van der Waals surface area contributed by atoms with Crippen molar-refractivity contribution >= 4 is 17.5 Å². The van der Waals surface area contributed by atoms with E-state index in [9.17, 15) is 44.6 Å². The molecule has 0 amide bonds. The van der Waals surface area contributed by atoms with Crippen molar-refractivity contribution in [2.75, 3.05) is 5.32 Å². The predicted molar refractivity (Wildman–Crippen MR) is 109 cm³/mol. The second-order valence-electron chi connectivity index (χ2n) is 7.01. The molecule has 0 spiro atoms. The summed E-state index contributed by atoms with van der Waals surface area (Å²) in [6, 6.07) is 15.9. The Morgan fingerprint density at radius 1 is 0.750 bits per heavy atom. The Morgan fingerprint density at radius 2 is 1.25 bits per heavy atom. The fourth-order valence-corrected chi connectivity index (χ4v) is 2.74. The van der Waals surface area contributed by atoms with Crippen LogP contribution in [0.4, 0.5) is 51.0 Å². The maximum atomic E-state index is 12.9. The molecule has 0 aliphatic carbocycles. The number of halogens is 9. The number of carbonyl (C=O) groups is 1. The summed E-state index contributed by atoms with van der Waals surface area (Å²) in [5.74, 6) is -2.41. The Kier molecular flexibility index (Phi) is 8.24. The molecule has 0 fully saturated rings. The number of carboxylic acid groups (broad SMARTS) is 1. The number of aliphatic hydroxyl groups is 1. The fraction of sp³-hybridized carbons (Fsp3) is 0.182. The second-order valence-corrected chi connectivity index (χ2v) is 7.01. The van der Waals surface area contributed by atoms with Gasteiger partial charge >= 0.3 is 24.5 Å². The van der Waals surface area contributed by atoms with E-state index in [0.29, 0.717) is 18.0 Å². The van der Waals surface area contributed by atoms with E-state index in [-0.39, 0.29) is 5.69 Å². The van der Waals surface area contributed by atoms with Crippen molar-refractivity contribution in [1.29, 1.82) is 0 Å². The van der Waals surface area contributed by atoms with Crippen LogP contribution in [0.5, 0.6) is 0 Å². The number of hydrogen-bond acceptors (Lipinski definition) is 4. The summed E-state index contributed by atoms with van der Waals surface area (Å²) in [5.41, 5.74) is -4.34. The summed E-state index contributed by atoms with van der Waals surface area (Å²) in [7, 11) is 0. The first-order chi connectivity index (χ1) is 16.5. The lowest BCUT2D eigenvalue weighted by Gasteiger charge is -2.32. The van der Waals surface area contributed by atoms with E-state index in [1.165, 1.54) is 6.20 Å². The molecule has 0 saturated heterocycles. The Morgan fingerprint density at radius 3 is 1.69 bits per heavy atom. The molecule has 0 atom stereocenters. The van der Waals surface area contributed by atoms with Gasteiger partial charge in [-0.25, -0.2) is 9.78 Å². The number of hydrogen-bond donors (Lipinski definition) is 3. The van der Waals surface area contributed by atoms with Crippen LogP contribution in [0.3, 0.4) is 0 Å². The molecular formula is C22H15F9N2O3. The van der Waals surface area contributed by atoms with Crippen molar-refractivity contribution in [2.24, 2.45) is 0 Å². The van der Waals surface area contributed by atoms with Crippen LogP contribution < -0.4 is 5.32 Å². The lowest BCUT2D eigenvalue weighted by molar-refractivity contribution is -0.376. The van der Waals surface area contributed by atoms with E-state index >= 15 is 0 Å². The van der Waals surface area contributed by atoms with Gasteiger partial charge in [0.1, 0.15) is 5.82 Å². The van der Waals surface area contributed by atoms with Crippen LogP contribution in [0.1, 0.15) is 5.56 Å². The molecule has 3 rings (SSSR count). The summed E-state index contributed by atoms with van der Waals surface area (Å²) in [4.78, 5) is 13.0. The minimum atomic E-state index is -5.92. The van der Waals surface area contributed by atoms with Crippen molar-refractivity contribution in [3.05, 3.63) is 78.5 Å². The quantitative estimate of drug-likeness (QED) is 0.341. The number of aliphatic carboxylic acids is 1. The van der Waals surface area contributed by atoms with Crippen LogP contribution in [0.2, 0.25) is 0 Å². The molecule has 0 bridgehead atoms. The monoisotopic (exact) mass is 526 g/mol. The van der Waals surface area contributed by atoms with Gasteiger partial charge in [0.05, 0.1) is 0 Å². The molecule has 0 radical (unpaired) electrons. The van der Waals surface area contributed by atoms with Gasteiger partial charge in [-0.1, -0.05) is 42.5 Å². The van der Waals surface area contributed by atoms with Gasteiger partial charge in [-0.05, 0) is 35.4 Å². The second kappa shape index (κ2) is 10.4. The highest BCUT2D eigenvalue weighted by Crippen LogP contribution is 2.50. The van der Waals surface area contributed by atoms with Crippen LogP contribution in [0, 0.1) is 0 Å². The van der Waals surface area contributed by atoms with Crippen molar-refractivity contribution in [1.82, 2.24) is 4.98 Å². The third kappa shape index (κ3) is 6.65. The van der Waals surface area contributed by atoms with Gasteiger partial charge in [-0.3, -0.25) is 0 Å². The summed E-state index contributed by atoms with van der Waals surface area (Å²) in [6.07, 6.45) is -15.4. The topological polar surface area (TPSA) is 82.5 Å². The third-order valence-electron chi connectivity index (χ3n) is 4.51. The highest BCUT2D eigenvalue weighted by atomic mass is 19.4. The first-order valence-electron chi connectivity index (χ1n) is 9.52. The normalized spacial score (nSPS) is 12.4. The number of carboxylic acids is 1. The maximum Gasteiger partial charge on any atom is 0.490 e. The van der Waals surface area contributed by atoms with E-state index in [1.807, 2.05) is 30.3 Å². The Hall–Kier alpha value is -3.81. The van der Waals surface area contributed by atoms with Crippen LogP contribution in [-0.4, -0.2) is 39.7 Å². The van der Waals surface area contributed by atoms with Crippen LogP contribution >= 0.6 is 0 Å². The number of anilines is 2. The number of benzene rings is 2. The lowest BCUT2D eigenvalue weighted by atomic mass is 9.92. The number of alkyl halides is 9. The molecule has 0 saturated carbocycles. The molecule has 3 N–H and O–H groups in total. The van der Waals surface area contributed by atoms with Gasteiger partial charge in [0.25, 0.3) is 5.60 Å². The molecule has 3 aromatic rings. The van der Waals surface area contributed by atoms with Crippen molar-refractivity contribution in [2.45, 2.75) is 24.1 Å². The summed E-state index contributed by atoms with van der Waals surface area (Å²) < 4.78 is 109. The molecular weight excluding hydrogens is 511 g/mol. The van der Waals surface area contributed by atoms with Gasteiger partial charge < -0.3 is 15.5 Å².